The first-order chi connectivity index (χ1) is 8.89. The molecular formula is C14H18ClFN2O. The number of rotatable bonds is 2. The number of benzene rings is 1. The smallest absolute Gasteiger partial charge is 0.227 e. The van der Waals surface area contributed by atoms with Gasteiger partial charge in [0.1, 0.15) is 5.82 Å². The summed E-state index contributed by atoms with van der Waals surface area (Å²) in [5.41, 5.74) is 0.179. The number of piperazine rings is 1. The Bertz CT molecular complexity index is 470. The van der Waals surface area contributed by atoms with Crippen molar-refractivity contribution in [2.45, 2.75) is 25.8 Å². The van der Waals surface area contributed by atoms with Crippen molar-refractivity contribution in [1.82, 2.24) is 10.2 Å². The number of nitrogens with one attached hydrogen (secondary N) is 1. The number of hydrogen-bond donors (Lipinski definition) is 1. The van der Waals surface area contributed by atoms with E-state index in [0.717, 1.165) is 6.54 Å². The molecule has 1 aliphatic rings. The number of nitrogens with zero attached hydrogens (tertiary/aromatic N) is 1. The second kappa shape index (κ2) is 5.47. The molecule has 0 spiro atoms. The number of amides is 1. The Labute approximate surface area is 117 Å². The Morgan fingerprint density at radius 2 is 2.26 bits per heavy atom. The van der Waals surface area contributed by atoms with Gasteiger partial charge in [0.15, 0.2) is 0 Å². The van der Waals surface area contributed by atoms with Crippen LogP contribution in [0.3, 0.4) is 0 Å². The standard InChI is InChI=1S/C14H18ClFN2O/c1-14(2)9-18(7-6-17-14)13(19)8-10-11(15)4-3-5-12(10)16/h3-5,17H,6-9H2,1-2H3. The Morgan fingerprint density at radius 3 is 2.89 bits per heavy atom. The van der Waals surface area contributed by atoms with Crippen molar-refractivity contribution in [1.29, 1.82) is 0 Å². The minimum atomic E-state index is -0.421. The molecule has 2 rings (SSSR count). The summed E-state index contributed by atoms with van der Waals surface area (Å²) < 4.78 is 13.7. The van der Waals surface area contributed by atoms with E-state index in [2.05, 4.69) is 5.32 Å². The summed E-state index contributed by atoms with van der Waals surface area (Å²) in [7, 11) is 0. The predicted molar refractivity (Wildman–Crippen MR) is 73.8 cm³/mol. The van der Waals surface area contributed by atoms with Gasteiger partial charge < -0.3 is 10.2 Å². The molecule has 1 aromatic rings. The summed E-state index contributed by atoms with van der Waals surface area (Å²) in [5.74, 6) is -0.503. The van der Waals surface area contributed by atoms with Crippen LogP contribution in [-0.4, -0.2) is 36.0 Å². The second-order valence-electron chi connectivity index (χ2n) is 5.50. The molecule has 1 amide bonds. The molecule has 104 valence electrons. The minimum absolute atomic E-state index is 0.0155. The second-order valence-corrected chi connectivity index (χ2v) is 5.91. The average molecular weight is 285 g/mol. The van der Waals surface area contributed by atoms with Crippen LogP contribution in [0.1, 0.15) is 19.4 Å². The molecule has 3 nitrogen and oxygen atoms in total. The molecular weight excluding hydrogens is 267 g/mol. The highest BCUT2D eigenvalue weighted by molar-refractivity contribution is 6.31. The van der Waals surface area contributed by atoms with Crippen molar-refractivity contribution >= 4 is 17.5 Å². The predicted octanol–water partition coefficient (Wildman–Crippen LogP) is 2.23. The molecule has 1 aliphatic heterocycles. The van der Waals surface area contributed by atoms with Gasteiger partial charge in [-0.1, -0.05) is 17.7 Å². The maximum atomic E-state index is 13.7. The van der Waals surface area contributed by atoms with Gasteiger partial charge in [-0.15, -0.1) is 0 Å². The van der Waals surface area contributed by atoms with Crippen LogP contribution in [0.2, 0.25) is 5.02 Å². The third-order valence-corrected chi connectivity index (χ3v) is 3.67. The lowest BCUT2D eigenvalue weighted by molar-refractivity contribution is -0.132. The highest BCUT2D eigenvalue weighted by Gasteiger charge is 2.29. The van der Waals surface area contributed by atoms with E-state index < -0.39 is 5.82 Å². The molecule has 5 heteroatoms. The zero-order valence-electron chi connectivity index (χ0n) is 11.2. The molecule has 1 fully saturated rings. The van der Waals surface area contributed by atoms with E-state index in [-0.39, 0.29) is 23.4 Å². The van der Waals surface area contributed by atoms with E-state index in [1.54, 1.807) is 17.0 Å². The van der Waals surface area contributed by atoms with Gasteiger partial charge in [-0.05, 0) is 26.0 Å². The lowest BCUT2D eigenvalue weighted by Crippen LogP contribution is -2.58. The summed E-state index contributed by atoms with van der Waals surface area (Å²) in [6.07, 6.45) is 0.0155. The molecule has 0 atom stereocenters. The molecule has 0 aromatic heterocycles. The maximum Gasteiger partial charge on any atom is 0.227 e. The van der Waals surface area contributed by atoms with Crippen LogP contribution in [0.25, 0.3) is 0 Å². The Morgan fingerprint density at radius 1 is 1.53 bits per heavy atom. The minimum Gasteiger partial charge on any atom is -0.339 e. The third-order valence-electron chi connectivity index (χ3n) is 3.31. The van der Waals surface area contributed by atoms with Gasteiger partial charge in [0.05, 0.1) is 6.42 Å². The topological polar surface area (TPSA) is 32.3 Å². The highest BCUT2D eigenvalue weighted by atomic mass is 35.5. The van der Waals surface area contributed by atoms with E-state index in [4.69, 9.17) is 11.6 Å². The highest BCUT2D eigenvalue weighted by Crippen LogP contribution is 2.21. The van der Waals surface area contributed by atoms with E-state index in [9.17, 15) is 9.18 Å². The summed E-state index contributed by atoms with van der Waals surface area (Å²) in [6, 6.07) is 4.48. The third kappa shape index (κ3) is 3.45. The number of carbonyl (C=O) groups excluding carboxylic acids is 1. The van der Waals surface area contributed by atoms with Gasteiger partial charge in [-0.25, -0.2) is 4.39 Å². The molecule has 0 bridgehead atoms. The monoisotopic (exact) mass is 284 g/mol. The molecule has 1 N–H and O–H groups in total. The Hall–Kier alpha value is -1.13. The number of carbonyl (C=O) groups is 1. The fourth-order valence-electron chi connectivity index (χ4n) is 2.32. The van der Waals surface area contributed by atoms with E-state index in [1.165, 1.54) is 6.07 Å². The molecule has 0 unspecified atom stereocenters. The van der Waals surface area contributed by atoms with Gasteiger partial charge in [0, 0.05) is 35.8 Å². The van der Waals surface area contributed by atoms with Crippen LogP contribution in [0.5, 0.6) is 0 Å². The Kier molecular flexibility index (Phi) is 4.11. The lowest BCUT2D eigenvalue weighted by Gasteiger charge is -2.39. The van der Waals surface area contributed by atoms with Crippen LogP contribution in [0.4, 0.5) is 4.39 Å². The van der Waals surface area contributed by atoms with Crippen LogP contribution in [0, 0.1) is 5.82 Å². The molecule has 1 heterocycles. The van der Waals surface area contributed by atoms with Gasteiger partial charge in [-0.2, -0.15) is 0 Å². The maximum absolute atomic E-state index is 13.7. The summed E-state index contributed by atoms with van der Waals surface area (Å²) in [5, 5.41) is 3.64. The molecule has 19 heavy (non-hydrogen) atoms. The van der Waals surface area contributed by atoms with Crippen molar-refractivity contribution < 1.29 is 9.18 Å². The van der Waals surface area contributed by atoms with Crippen molar-refractivity contribution in [3.8, 4) is 0 Å². The quantitative estimate of drug-likeness (QED) is 0.903. The van der Waals surface area contributed by atoms with Crippen LogP contribution in [0.15, 0.2) is 18.2 Å². The van der Waals surface area contributed by atoms with Crippen molar-refractivity contribution in [2.75, 3.05) is 19.6 Å². The first kappa shape index (κ1) is 14.3. The first-order valence-corrected chi connectivity index (χ1v) is 6.72. The fourth-order valence-corrected chi connectivity index (χ4v) is 2.55. The average Bonchev–Trinajstić information content (AvgIpc) is 2.32. The number of halogens is 2. The normalized spacial score (nSPS) is 18.4. The van der Waals surface area contributed by atoms with Crippen molar-refractivity contribution in [2.24, 2.45) is 0 Å². The zero-order valence-corrected chi connectivity index (χ0v) is 11.9. The summed E-state index contributed by atoms with van der Waals surface area (Å²) >= 11 is 5.95. The Balaban J connectivity index is 2.09. The van der Waals surface area contributed by atoms with Crippen molar-refractivity contribution in [3.63, 3.8) is 0 Å². The zero-order chi connectivity index (χ0) is 14.0. The lowest BCUT2D eigenvalue weighted by atomic mass is 10.0. The summed E-state index contributed by atoms with van der Waals surface area (Å²) in [4.78, 5) is 14.0. The van der Waals surface area contributed by atoms with Crippen molar-refractivity contribution in [3.05, 3.63) is 34.6 Å². The fraction of sp³-hybridized carbons (Fsp3) is 0.500. The molecule has 0 saturated carbocycles. The first-order valence-electron chi connectivity index (χ1n) is 6.35. The van der Waals surface area contributed by atoms with Gasteiger partial charge in [0.25, 0.3) is 0 Å². The van der Waals surface area contributed by atoms with Crippen LogP contribution in [-0.2, 0) is 11.2 Å². The van der Waals surface area contributed by atoms with Gasteiger partial charge in [0.2, 0.25) is 5.91 Å². The largest absolute Gasteiger partial charge is 0.339 e. The van der Waals surface area contributed by atoms with E-state index in [0.29, 0.717) is 18.1 Å². The van der Waals surface area contributed by atoms with Gasteiger partial charge >= 0.3 is 0 Å². The molecule has 1 aromatic carbocycles. The molecule has 0 radical (unpaired) electrons. The van der Waals surface area contributed by atoms with E-state index >= 15 is 0 Å². The van der Waals surface area contributed by atoms with Crippen LogP contribution < -0.4 is 5.32 Å². The molecule has 0 aliphatic carbocycles. The molecule has 1 saturated heterocycles. The van der Waals surface area contributed by atoms with E-state index in [1.807, 2.05) is 13.8 Å². The van der Waals surface area contributed by atoms with Gasteiger partial charge in [-0.3, -0.25) is 4.79 Å². The van der Waals surface area contributed by atoms with Crippen LogP contribution >= 0.6 is 11.6 Å². The SMILES string of the molecule is CC1(C)CN(C(=O)Cc2c(F)cccc2Cl)CCN1. The number of hydrogen-bond acceptors (Lipinski definition) is 2. The summed E-state index contributed by atoms with van der Waals surface area (Å²) in [6.45, 7) is 6.11.